The first-order chi connectivity index (χ1) is 11.7. The van der Waals surface area contributed by atoms with Gasteiger partial charge >= 0.3 is 0 Å². The fourth-order valence-electron chi connectivity index (χ4n) is 2.88. The zero-order chi connectivity index (χ0) is 16.9. The number of carbonyl (C=O) groups excluding carboxylic acids is 2. The van der Waals surface area contributed by atoms with Gasteiger partial charge in [0.2, 0.25) is 5.91 Å². The Labute approximate surface area is 142 Å². The summed E-state index contributed by atoms with van der Waals surface area (Å²) in [5, 5.41) is 0. The zero-order valence-corrected chi connectivity index (χ0v) is 13.8. The van der Waals surface area contributed by atoms with Gasteiger partial charge in [0.05, 0.1) is 19.1 Å². The second-order valence-electron chi connectivity index (χ2n) is 5.98. The molecule has 2 aromatic rings. The number of carbonyl (C=O) groups is 2. The lowest BCUT2D eigenvalue weighted by Crippen LogP contribution is -2.42. The lowest BCUT2D eigenvalue weighted by atomic mass is 9.96. The minimum absolute atomic E-state index is 0.00527. The van der Waals surface area contributed by atoms with Crippen LogP contribution in [0.25, 0.3) is 0 Å². The number of ether oxygens (including phenoxy) is 1. The van der Waals surface area contributed by atoms with Crippen LogP contribution in [0.5, 0.6) is 0 Å². The van der Waals surface area contributed by atoms with E-state index in [0.29, 0.717) is 37.4 Å². The number of benzene rings is 2. The summed E-state index contributed by atoms with van der Waals surface area (Å²) in [6, 6.07) is 16.6. The average molecular weight is 323 g/mol. The molecule has 0 aromatic heterocycles. The number of ketones is 1. The van der Waals surface area contributed by atoms with Crippen LogP contribution >= 0.6 is 0 Å². The molecule has 0 aliphatic carbocycles. The molecule has 2 aromatic carbocycles. The van der Waals surface area contributed by atoms with Crippen LogP contribution in [0, 0.1) is 0 Å². The average Bonchev–Trinajstić information content (AvgIpc) is 2.68. The first-order valence-electron chi connectivity index (χ1n) is 8.23. The first kappa shape index (κ1) is 16.4. The van der Waals surface area contributed by atoms with Crippen molar-refractivity contribution >= 4 is 11.7 Å². The Kier molecular flexibility index (Phi) is 5.06. The minimum atomic E-state index is -0.219. The normalized spacial score (nSPS) is 15.8. The Morgan fingerprint density at radius 2 is 1.50 bits per heavy atom. The van der Waals surface area contributed by atoms with E-state index in [1.165, 1.54) is 0 Å². The summed E-state index contributed by atoms with van der Waals surface area (Å²) in [5.74, 6) is -0.112. The van der Waals surface area contributed by atoms with Gasteiger partial charge in [-0.1, -0.05) is 54.6 Å². The molecule has 0 spiro atoms. The topological polar surface area (TPSA) is 46.6 Å². The van der Waals surface area contributed by atoms with Gasteiger partial charge in [-0.2, -0.15) is 0 Å². The molecular weight excluding hydrogens is 302 g/mol. The van der Waals surface area contributed by atoms with E-state index < -0.39 is 0 Å². The molecule has 1 aliphatic rings. The molecule has 3 rings (SSSR count). The molecule has 1 heterocycles. The van der Waals surface area contributed by atoms with Crippen LogP contribution in [0.3, 0.4) is 0 Å². The van der Waals surface area contributed by atoms with E-state index in [9.17, 15) is 9.59 Å². The molecule has 1 saturated heterocycles. The molecule has 124 valence electrons. The SMILES string of the molecule is CC(C(=O)N1CCOCC1)c1ccc(C(=O)c2ccccc2)cc1. The van der Waals surface area contributed by atoms with Gasteiger partial charge in [0.1, 0.15) is 0 Å². The lowest BCUT2D eigenvalue weighted by Gasteiger charge is -2.29. The summed E-state index contributed by atoms with van der Waals surface area (Å²) >= 11 is 0. The molecule has 24 heavy (non-hydrogen) atoms. The molecule has 0 radical (unpaired) electrons. The summed E-state index contributed by atoms with van der Waals surface area (Å²) in [7, 11) is 0. The van der Waals surface area contributed by atoms with Crippen molar-refractivity contribution < 1.29 is 14.3 Å². The number of hydrogen-bond donors (Lipinski definition) is 0. The maximum atomic E-state index is 12.5. The third kappa shape index (κ3) is 3.54. The Hall–Kier alpha value is -2.46. The van der Waals surface area contributed by atoms with Crippen LogP contribution in [0.1, 0.15) is 34.3 Å². The summed E-state index contributed by atoms with van der Waals surface area (Å²) in [5.41, 5.74) is 2.23. The van der Waals surface area contributed by atoms with Gasteiger partial charge in [0.25, 0.3) is 0 Å². The second-order valence-corrected chi connectivity index (χ2v) is 5.98. The van der Waals surface area contributed by atoms with E-state index >= 15 is 0 Å². The van der Waals surface area contributed by atoms with Crippen molar-refractivity contribution in [2.24, 2.45) is 0 Å². The summed E-state index contributed by atoms with van der Waals surface area (Å²) in [6.07, 6.45) is 0. The van der Waals surface area contributed by atoms with Crippen LogP contribution in [-0.4, -0.2) is 42.9 Å². The standard InChI is InChI=1S/C20H21NO3/c1-15(20(23)21-11-13-24-14-12-21)16-7-9-18(10-8-16)19(22)17-5-3-2-4-6-17/h2-10,15H,11-14H2,1H3. The molecule has 1 fully saturated rings. The molecule has 1 unspecified atom stereocenters. The van der Waals surface area contributed by atoms with Crippen molar-refractivity contribution in [3.63, 3.8) is 0 Å². The predicted octanol–water partition coefficient (Wildman–Crippen LogP) is 2.88. The molecular formula is C20H21NO3. The van der Waals surface area contributed by atoms with Crippen molar-refractivity contribution in [3.8, 4) is 0 Å². The van der Waals surface area contributed by atoms with Crippen molar-refractivity contribution in [1.29, 1.82) is 0 Å². The van der Waals surface area contributed by atoms with Crippen LogP contribution in [0.15, 0.2) is 54.6 Å². The quantitative estimate of drug-likeness (QED) is 0.813. The van der Waals surface area contributed by atoms with E-state index in [1.54, 1.807) is 24.3 Å². The van der Waals surface area contributed by atoms with Gasteiger partial charge in [-0.25, -0.2) is 0 Å². The number of rotatable bonds is 4. The molecule has 0 saturated carbocycles. The molecule has 0 N–H and O–H groups in total. The molecule has 0 bridgehead atoms. The highest BCUT2D eigenvalue weighted by atomic mass is 16.5. The van der Waals surface area contributed by atoms with Crippen LogP contribution in [-0.2, 0) is 9.53 Å². The second kappa shape index (κ2) is 7.41. The van der Waals surface area contributed by atoms with Gasteiger partial charge in [0.15, 0.2) is 5.78 Å². The van der Waals surface area contributed by atoms with Crippen molar-refractivity contribution in [2.45, 2.75) is 12.8 Å². The smallest absolute Gasteiger partial charge is 0.229 e. The van der Waals surface area contributed by atoms with Gasteiger partial charge in [-0.3, -0.25) is 9.59 Å². The number of amides is 1. The van der Waals surface area contributed by atoms with Gasteiger partial charge < -0.3 is 9.64 Å². The highest BCUT2D eigenvalue weighted by Crippen LogP contribution is 2.20. The highest BCUT2D eigenvalue weighted by molar-refractivity contribution is 6.09. The highest BCUT2D eigenvalue weighted by Gasteiger charge is 2.23. The van der Waals surface area contributed by atoms with E-state index in [1.807, 2.05) is 42.2 Å². The van der Waals surface area contributed by atoms with Crippen molar-refractivity contribution in [1.82, 2.24) is 4.90 Å². The zero-order valence-electron chi connectivity index (χ0n) is 13.8. The number of hydrogen-bond acceptors (Lipinski definition) is 3. The molecule has 1 amide bonds. The Morgan fingerprint density at radius 1 is 0.917 bits per heavy atom. The van der Waals surface area contributed by atoms with Gasteiger partial charge in [0, 0.05) is 24.2 Å². The molecule has 1 atom stereocenters. The van der Waals surface area contributed by atoms with E-state index in [-0.39, 0.29) is 17.6 Å². The van der Waals surface area contributed by atoms with Crippen LogP contribution in [0.2, 0.25) is 0 Å². The van der Waals surface area contributed by atoms with Gasteiger partial charge in [-0.05, 0) is 12.5 Å². The van der Waals surface area contributed by atoms with E-state index in [2.05, 4.69) is 0 Å². The summed E-state index contributed by atoms with van der Waals surface area (Å²) in [6.45, 7) is 4.40. The predicted molar refractivity (Wildman–Crippen MR) is 92.1 cm³/mol. The number of morpholine rings is 1. The fourth-order valence-corrected chi connectivity index (χ4v) is 2.88. The third-order valence-electron chi connectivity index (χ3n) is 4.40. The minimum Gasteiger partial charge on any atom is -0.378 e. The summed E-state index contributed by atoms with van der Waals surface area (Å²) < 4.78 is 5.29. The lowest BCUT2D eigenvalue weighted by molar-refractivity contribution is -0.136. The Bertz CT molecular complexity index is 703. The molecule has 4 heteroatoms. The third-order valence-corrected chi connectivity index (χ3v) is 4.40. The first-order valence-corrected chi connectivity index (χ1v) is 8.23. The molecule has 1 aliphatic heterocycles. The van der Waals surface area contributed by atoms with Crippen molar-refractivity contribution in [2.75, 3.05) is 26.3 Å². The van der Waals surface area contributed by atoms with Crippen molar-refractivity contribution in [3.05, 3.63) is 71.3 Å². The van der Waals surface area contributed by atoms with Crippen LogP contribution in [0.4, 0.5) is 0 Å². The summed E-state index contributed by atoms with van der Waals surface area (Å²) in [4.78, 5) is 26.8. The molecule has 4 nitrogen and oxygen atoms in total. The maximum Gasteiger partial charge on any atom is 0.229 e. The van der Waals surface area contributed by atoms with Crippen LogP contribution < -0.4 is 0 Å². The Morgan fingerprint density at radius 3 is 2.12 bits per heavy atom. The maximum absolute atomic E-state index is 12.5. The van der Waals surface area contributed by atoms with E-state index in [0.717, 1.165) is 5.56 Å². The largest absolute Gasteiger partial charge is 0.378 e. The Balaban J connectivity index is 1.72. The monoisotopic (exact) mass is 323 g/mol. The fraction of sp³-hybridized carbons (Fsp3) is 0.300. The van der Waals surface area contributed by atoms with Gasteiger partial charge in [-0.15, -0.1) is 0 Å². The number of nitrogens with zero attached hydrogens (tertiary/aromatic N) is 1. The van der Waals surface area contributed by atoms with E-state index in [4.69, 9.17) is 4.74 Å².